The van der Waals surface area contributed by atoms with E-state index in [-0.39, 0.29) is 17.2 Å². The SMILES string of the molecule is CCC(=O)c1cnc(Oc2ccc(C3CCC3)cc2)c(F)c1. The lowest BCUT2D eigenvalue weighted by Crippen LogP contribution is -2.08. The van der Waals surface area contributed by atoms with Gasteiger partial charge >= 0.3 is 0 Å². The van der Waals surface area contributed by atoms with Crippen LogP contribution < -0.4 is 4.74 Å². The Kier molecular flexibility index (Phi) is 4.18. The first-order chi connectivity index (χ1) is 10.7. The third-order valence-electron chi connectivity index (χ3n) is 4.12. The van der Waals surface area contributed by atoms with Gasteiger partial charge in [0.05, 0.1) is 0 Å². The van der Waals surface area contributed by atoms with Crippen molar-refractivity contribution in [2.24, 2.45) is 0 Å². The van der Waals surface area contributed by atoms with Crippen molar-refractivity contribution in [3.8, 4) is 11.6 Å². The average molecular weight is 299 g/mol. The Morgan fingerprint density at radius 2 is 2.05 bits per heavy atom. The quantitative estimate of drug-likeness (QED) is 0.739. The van der Waals surface area contributed by atoms with E-state index in [9.17, 15) is 9.18 Å². The predicted molar refractivity (Wildman–Crippen MR) is 81.9 cm³/mol. The lowest BCUT2D eigenvalue weighted by molar-refractivity contribution is 0.0987. The van der Waals surface area contributed by atoms with E-state index in [1.807, 2.05) is 24.3 Å². The number of rotatable bonds is 5. The van der Waals surface area contributed by atoms with Gasteiger partial charge in [-0.3, -0.25) is 4.79 Å². The molecule has 2 aromatic rings. The fourth-order valence-electron chi connectivity index (χ4n) is 2.52. The summed E-state index contributed by atoms with van der Waals surface area (Å²) in [4.78, 5) is 15.4. The van der Waals surface area contributed by atoms with Crippen LogP contribution in [0.15, 0.2) is 36.5 Å². The number of halogens is 1. The molecule has 1 fully saturated rings. The van der Waals surface area contributed by atoms with Crippen molar-refractivity contribution in [1.82, 2.24) is 4.98 Å². The van der Waals surface area contributed by atoms with E-state index in [1.54, 1.807) is 6.92 Å². The summed E-state index contributed by atoms with van der Waals surface area (Å²) in [6.07, 6.45) is 5.45. The van der Waals surface area contributed by atoms with Crippen molar-refractivity contribution >= 4 is 5.78 Å². The summed E-state index contributed by atoms with van der Waals surface area (Å²) < 4.78 is 19.4. The van der Waals surface area contributed by atoms with Gasteiger partial charge in [-0.15, -0.1) is 0 Å². The van der Waals surface area contributed by atoms with Crippen LogP contribution in [-0.2, 0) is 0 Å². The Morgan fingerprint density at radius 3 is 2.59 bits per heavy atom. The van der Waals surface area contributed by atoms with E-state index >= 15 is 0 Å². The molecule has 0 N–H and O–H groups in total. The third-order valence-corrected chi connectivity index (χ3v) is 4.12. The molecule has 0 atom stereocenters. The monoisotopic (exact) mass is 299 g/mol. The van der Waals surface area contributed by atoms with Gasteiger partial charge in [0, 0.05) is 18.2 Å². The van der Waals surface area contributed by atoms with Crippen molar-refractivity contribution < 1.29 is 13.9 Å². The first-order valence-corrected chi connectivity index (χ1v) is 7.64. The lowest BCUT2D eigenvalue weighted by atomic mass is 9.80. The highest BCUT2D eigenvalue weighted by Gasteiger charge is 2.19. The Hall–Kier alpha value is -2.23. The van der Waals surface area contributed by atoms with Crippen molar-refractivity contribution in [2.75, 3.05) is 0 Å². The zero-order valence-electron chi connectivity index (χ0n) is 12.5. The zero-order chi connectivity index (χ0) is 15.5. The Labute approximate surface area is 129 Å². The normalized spacial score (nSPS) is 14.5. The first kappa shape index (κ1) is 14.7. The fraction of sp³-hybridized carbons (Fsp3) is 0.333. The number of benzene rings is 1. The Balaban J connectivity index is 1.73. The van der Waals surface area contributed by atoms with Gasteiger partial charge in [-0.05, 0) is 42.5 Å². The van der Waals surface area contributed by atoms with Crippen molar-refractivity contribution in [3.05, 3.63) is 53.5 Å². The molecule has 4 heteroatoms. The number of ketones is 1. The summed E-state index contributed by atoms with van der Waals surface area (Å²) in [5.41, 5.74) is 1.57. The van der Waals surface area contributed by atoms with Gasteiger partial charge in [0.25, 0.3) is 5.88 Å². The first-order valence-electron chi connectivity index (χ1n) is 7.64. The molecule has 0 unspecified atom stereocenters. The van der Waals surface area contributed by atoms with Gasteiger partial charge in [-0.2, -0.15) is 0 Å². The maximum Gasteiger partial charge on any atom is 0.255 e. The van der Waals surface area contributed by atoms with Crippen LogP contribution in [0.1, 0.15) is 54.4 Å². The maximum atomic E-state index is 14.0. The van der Waals surface area contributed by atoms with Crippen LogP contribution >= 0.6 is 0 Å². The summed E-state index contributed by atoms with van der Waals surface area (Å²) in [5.74, 6) is 0.335. The zero-order valence-corrected chi connectivity index (χ0v) is 12.5. The van der Waals surface area contributed by atoms with Crippen molar-refractivity contribution in [1.29, 1.82) is 0 Å². The maximum absolute atomic E-state index is 14.0. The second kappa shape index (κ2) is 6.26. The second-order valence-corrected chi connectivity index (χ2v) is 5.59. The molecule has 1 aliphatic rings. The van der Waals surface area contributed by atoms with Crippen LogP contribution in [0.4, 0.5) is 4.39 Å². The number of hydrogen-bond acceptors (Lipinski definition) is 3. The van der Waals surface area contributed by atoms with Gasteiger partial charge < -0.3 is 4.74 Å². The third kappa shape index (κ3) is 3.01. The molecule has 22 heavy (non-hydrogen) atoms. The van der Waals surface area contributed by atoms with Crippen LogP contribution in [0.25, 0.3) is 0 Å². The number of pyridine rings is 1. The van der Waals surface area contributed by atoms with Crippen LogP contribution in [0.3, 0.4) is 0 Å². The summed E-state index contributed by atoms with van der Waals surface area (Å²) in [6, 6.07) is 8.88. The lowest BCUT2D eigenvalue weighted by Gasteiger charge is -2.25. The minimum Gasteiger partial charge on any atom is -0.436 e. The highest BCUT2D eigenvalue weighted by molar-refractivity contribution is 5.95. The molecule has 1 aliphatic carbocycles. The number of carbonyl (C=O) groups excluding carboxylic acids is 1. The van der Waals surface area contributed by atoms with E-state index < -0.39 is 5.82 Å². The molecular weight excluding hydrogens is 281 g/mol. The van der Waals surface area contributed by atoms with Crippen molar-refractivity contribution in [3.63, 3.8) is 0 Å². The van der Waals surface area contributed by atoms with Gasteiger partial charge in [0.1, 0.15) is 5.75 Å². The smallest absolute Gasteiger partial charge is 0.255 e. The van der Waals surface area contributed by atoms with Gasteiger partial charge in [0.15, 0.2) is 11.6 Å². The number of ether oxygens (including phenoxy) is 1. The molecule has 0 spiro atoms. The van der Waals surface area contributed by atoms with E-state index in [1.165, 1.54) is 37.1 Å². The second-order valence-electron chi connectivity index (χ2n) is 5.59. The van der Waals surface area contributed by atoms with E-state index in [2.05, 4.69) is 4.98 Å². The Bertz CT molecular complexity index is 678. The predicted octanol–water partition coefficient (Wildman–Crippen LogP) is 4.87. The molecule has 114 valence electrons. The van der Waals surface area contributed by atoms with Crippen LogP contribution in [0.5, 0.6) is 11.6 Å². The molecule has 1 heterocycles. The van der Waals surface area contributed by atoms with Crippen molar-refractivity contribution in [2.45, 2.75) is 38.5 Å². The molecule has 0 radical (unpaired) electrons. The molecule has 0 bridgehead atoms. The number of nitrogens with zero attached hydrogens (tertiary/aromatic N) is 1. The van der Waals surface area contributed by atoms with E-state index in [0.717, 1.165) is 0 Å². The molecule has 1 saturated carbocycles. The van der Waals surface area contributed by atoms with Crippen LogP contribution in [0, 0.1) is 5.82 Å². The topological polar surface area (TPSA) is 39.2 Å². The van der Waals surface area contributed by atoms with Gasteiger partial charge in [-0.1, -0.05) is 25.5 Å². The summed E-state index contributed by atoms with van der Waals surface area (Å²) >= 11 is 0. The van der Waals surface area contributed by atoms with E-state index in [4.69, 9.17) is 4.74 Å². The minimum atomic E-state index is -0.623. The number of Topliss-reactive ketones (excluding diaryl/α,β-unsaturated/α-hetero) is 1. The highest BCUT2D eigenvalue weighted by atomic mass is 19.1. The highest BCUT2D eigenvalue weighted by Crippen LogP contribution is 2.37. The molecule has 3 nitrogen and oxygen atoms in total. The largest absolute Gasteiger partial charge is 0.436 e. The molecule has 0 amide bonds. The standard InChI is InChI=1S/C18H18FNO2/c1-2-17(21)14-10-16(19)18(20-11-14)22-15-8-6-13(7-9-15)12-4-3-5-12/h6-12H,2-5H2,1H3. The van der Waals surface area contributed by atoms with Gasteiger partial charge in [0.2, 0.25) is 0 Å². The Morgan fingerprint density at radius 1 is 1.32 bits per heavy atom. The molecule has 3 rings (SSSR count). The average Bonchev–Trinajstić information content (AvgIpc) is 2.48. The molecular formula is C18H18FNO2. The molecule has 0 saturated heterocycles. The van der Waals surface area contributed by atoms with Gasteiger partial charge in [-0.25, -0.2) is 9.37 Å². The molecule has 1 aromatic heterocycles. The molecule has 1 aromatic carbocycles. The minimum absolute atomic E-state index is 0.107. The number of carbonyl (C=O) groups is 1. The number of aromatic nitrogens is 1. The summed E-state index contributed by atoms with van der Waals surface area (Å²) in [7, 11) is 0. The summed E-state index contributed by atoms with van der Waals surface area (Å²) in [5, 5.41) is 0. The summed E-state index contributed by atoms with van der Waals surface area (Å²) in [6.45, 7) is 1.73. The van der Waals surface area contributed by atoms with Crippen LogP contribution in [-0.4, -0.2) is 10.8 Å². The van der Waals surface area contributed by atoms with E-state index in [0.29, 0.717) is 18.1 Å². The number of hydrogen-bond donors (Lipinski definition) is 0. The van der Waals surface area contributed by atoms with Crippen LogP contribution in [0.2, 0.25) is 0 Å². The fourth-order valence-corrected chi connectivity index (χ4v) is 2.52. The molecule has 0 aliphatic heterocycles.